The molecule has 1 unspecified atom stereocenters. The van der Waals surface area contributed by atoms with Crippen LogP contribution in [-0.2, 0) is 12.0 Å². The summed E-state index contributed by atoms with van der Waals surface area (Å²) in [6, 6.07) is 11.6. The maximum Gasteiger partial charge on any atom is 0.271 e. The lowest BCUT2D eigenvalue weighted by atomic mass is 10.1. The zero-order valence-electron chi connectivity index (χ0n) is 15.8. The molecular formula is C20H29N3O2. The molecule has 2 rings (SSSR count). The van der Waals surface area contributed by atoms with Gasteiger partial charge >= 0.3 is 0 Å². The van der Waals surface area contributed by atoms with E-state index in [0.29, 0.717) is 12.1 Å². The van der Waals surface area contributed by atoms with Gasteiger partial charge in [-0.15, -0.1) is 0 Å². The average molecular weight is 343 g/mol. The molecule has 25 heavy (non-hydrogen) atoms. The third kappa shape index (κ3) is 5.16. The topological polar surface area (TPSA) is 67.2 Å². The normalized spacial score (nSPS) is 13.1. The highest BCUT2D eigenvalue weighted by atomic mass is 16.3. The summed E-state index contributed by atoms with van der Waals surface area (Å²) in [7, 11) is 0. The lowest BCUT2D eigenvalue weighted by Gasteiger charge is -2.23. The molecule has 0 saturated carbocycles. The summed E-state index contributed by atoms with van der Waals surface area (Å²) in [6.07, 6.45) is -0.116. The highest BCUT2D eigenvalue weighted by Gasteiger charge is 2.23. The number of hydrogen-bond acceptors (Lipinski definition) is 3. The van der Waals surface area contributed by atoms with Crippen LogP contribution in [0.15, 0.2) is 36.4 Å². The number of nitrogens with one attached hydrogen (secondary N) is 1. The van der Waals surface area contributed by atoms with Gasteiger partial charge in [0.25, 0.3) is 5.91 Å². The number of carbonyl (C=O) groups excluding carboxylic acids is 1. The first kappa shape index (κ1) is 19.2. The number of hydrogen-bond donors (Lipinski definition) is 2. The Labute approximate surface area is 150 Å². The minimum Gasteiger partial charge on any atom is -0.391 e. The van der Waals surface area contributed by atoms with Gasteiger partial charge in [0.05, 0.1) is 11.6 Å². The van der Waals surface area contributed by atoms with Crippen molar-refractivity contribution in [2.24, 2.45) is 0 Å². The lowest BCUT2D eigenvalue weighted by molar-refractivity contribution is 0.0909. The van der Waals surface area contributed by atoms with Crippen LogP contribution in [0.25, 0.3) is 0 Å². The average Bonchev–Trinajstić information content (AvgIpc) is 2.99. The maximum atomic E-state index is 12.4. The van der Waals surface area contributed by atoms with Crippen LogP contribution in [-0.4, -0.2) is 33.4 Å². The van der Waals surface area contributed by atoms with E-state index in [1.807, 2.05) is 41.1 Å². The van der Waals surface area contributed by atoms with E-state index in [2.05, 4.69) is 45.0 Å². The minimum atomic E-state index is -0.624. The highest BCUT2D eigenvalue weighted by molar-refractivity contribution is 5.92. The molecule has 1 aromatic heterocycles. The zero-order chi connectivity index (χ0) is 18.6. The highest BCUT2D eigenvalue weighted by Crippen LogP contribution is 2.23. The van der Waals surface area contributed by atoms with Gasteiger partial charge in [0.2, 0.25) is 0 Å². The number of aliphatic hydroxyl groups excluding tert-OH is 1. The molecule has 5 nitrogen and oxygen atoms in total. The molecule has 0 bridgehead atoms. The predicted octanol–water partition coefficient (Wildman–Crippen LogP) is 3.09. The Hall–Kier alpha value is -2.14. The van der Waals surface area contributed by atoms with E-state index in [0.717, 1.165) is 11.3 Å². The molecule has 1 atom stereocenters. The molecular weight excluding hydrogens is 314 g/mol. The number of aliphatic hydroxyl groups is 1. The van der Waals surface area contributed by atoms with Crippen molar-refractivity contribution in [3.8, 4) is 0 Å². The summed E-state index contributed by atoms with van der Waals surface area (Å²) in [5, 5.41) is 17.4. The van der Waals surface area contributed by atoms with E-state index in [4.69, 9.17) is 0 Å². The monoisotopic (exact) mass is 343 g/mol. The Morgan fingerprint density at radius 3 is 2.40 bits per heavy atom. The van der Waals surface area contributed by atoms with Gasteiger partial charge < -0.3 is 10.4 Å². The van der Waals surface area contributed by atoms with Crippen LogP contribution in [0.1, 0.15) is 62.3 Å². The fourth-order valence-corrected chi connectivity index (χ4v) is 2.71. The van der Waals surface area contributed by atoms with Crippen LogP contribution in [0, 0.1) is 0 Å². The molecule has 136 valence electrons. The number of nitrogens with zero attached hydrogens (tertiary/aromatic N) is 2. The minimum absolute atomic E-state index is 0.190. The third-order valence-electron chi connectivity index (χ3n) is 4.01. The van der Waals surface area contributed by atoms with Crippen molar-refractivity contribution in [2.75, 3.05) is 6.54 Å². The van der Waals surface area contributed by atoms with E-state index >= 15 is 0 Å². The Balaban J connectivity index is 2.01. The third-order valence-corrected chi connectivity index (χ3v) is 4.01. The number of amides is 1. The first-order valence-electron chi connectivity index (χ1n) is 8.79. The Morgan fingerprint density at radius 1 is 1.24 bits per heavy atom. The number of carbonyl (C=O) groups is 1. The smallest absolute Gasteiger partial charge is 0.271 e. The van der Waals surface area contributed by atoms with Crippen LogP contribution >= 0.6 is 0 Å². The van der Waals surface area contributed by atoms with Crippen LogP contribution in [0.5, 0.6) is 0 Å². The quantitative estimate of drug-likeness (QED) is 0.847. The molecule has 0 fully saturated rings. The summed E-state index contributed by atoms with van der Waals surface area (Å²) in [5.74, 6) is 0.0222. The van der Waals surface area contributed by atoms with Crippen LogP contribution < -0.4 is 5.32 Å². The van der Waals surface area contributed by atoms with Crippen molar-refractivity contribution >= 4 is 5.91 Å². The number of benzene rings is 1. The second-order valence-electron chi connectivity index (χ2n) is 7.75. The molecule has 1 aromatic carbocycles. The molecule has 1 heterocycles. The molecule has 0 saturated heterocycles. The van der Waals surface area contributed by atoms with Gasteiger partial charge in [0, 0.05) is 18.7 Å². The number of aromatic nitrogens is 2. The summed E-state index contributed by atoms with van der Waals surface area (Å²) in [4.78, 5) is 12.4. The van der Waals surface area contributed by atoms with E-state index in [1.54, 1.807) is 0 Å². The fourth-order valence-electron chi connectivity index (χ4n) is 2.71. The van der Waals surface area contributed by atoms with Gasteiger partial charge in [-0.2, -0.15) is 5.10 Å². The summed E-state index contributed by atoms with van der Waals surface area (Å²) in [6.45, 7) is 10.6. The molecule has 5 heteroatoms. The molecule has 0 spiro atoms. The molecule has 0 radical (unpaired) electrons. The lowest BCUT2D eigenvalue weighted by Crippen LogP contribution is -2.33. The molecule has 0 aliphatic carbocycles. The van der Waals surface area contributed by atoms with Crippen LogP contribution in [0.3, 0.4) is 0 Å². The van der Waals surface area contributed by atoms with Crippen molar-refractivity contribution in [3.05, 3.63) is 53.3 Å². The Morgan fingerprint density at radius 2 is 1.88 bits per heavy atom. The Kier molecular flexibility index (Phi) is 6.01. The van der Waals surface area contributed by atoms with Crippen LogP contribution in [0.4, 0.5) is 0 Å². The molecule has 2 aromatic rings. The standard InChI is InChI=1S/C20H29N3O2/c1-14(2)18-12-17(22-23(18)20(3,4)5)19(25)21-13-16(24)11-15-9-7-6-8-10-15/h6-10,12,14,16,24H,11,13H2,1-5H3,(H,21,25). The van der Waals surface area contributed by atoms with Crippen molar-refractivity contribution < 1.29 is 9.90 Å². The molecule has 0 aliphatic heterocycles. The zero-order valence-corrected chi connectivity index (χ0v) is 15.8. The second-order valence-corrected chi connectivity index (χ2v) is 7.75. The largest absolute Gasteiger partial charge is 0.391 e. The maximum absolute atomic E-state index is 12.4. The van der Waals surface area contributed by atoms with E-state index in [-0.39, 0.29) is 23.9 Å². The molecule has 2 N–H and O–H groups in total. The SMILES string of the molecule is CC(C)c1cc(C(=O)NCC(O)Cc2ccccc2)nn1C(C)(C)C. The second kappa shape index (κ2) is 7.83. The van der Waals surface area contributed by atoms with Gasteiger partial charge in [0.15, 0.2) is 0 Å². The van der Waals surface area contributed by atoms with Gasteiger partial charge in [-0.3, -0.25) is 9.48 Å². The first-order chi connectivity index (χ1) is 11.7. The summed E-state index contributed by atoms with van der Waals surface area (Å²) < 4.78 is 1.91. The van der Waals surface area contributed by atoms with E-state index < -0.39 is 6.10 Å². The molecule has 1 amide bonds. The molecule has 0 aliphatic rings. The van der Waals surface area contributed by atoms with Gasteiger partial charge in [0.1, 0.15) is 5.69 Å². The predicted molar refractivity (Wildman–Crippen MR) is 99.8 cm³/mol. The van der Waals surface area contributed by atoms with Crippen molar-refractivity contribution in [3.63, 3.8) is 0 Å². The van der Waals surface area contributed by atoms with Gasteiger partial charge in [-0.1, -0.05) is 44.2 Å². The van der Waals surface area contributed by atoms with Crippen molar-refractivity contribution in [1.82, 2.24) is 15.1 Å². The Bertz CT molecular complexity index is 699. The van der Waals surface area contributed by atoms with Gasteiger partial charge in [-0.05, 0) is 38.3 Å². The van der Waals surface area contributed by atoms with Crippen molar-refractivity contribution in [1.29, 1.82) is 0 Å². The fraction of sp³-hybridized carbons (Fsp3) is 0.500. The number of rotatable bonds is 6. The van der Waals surface area contributed by atoms with Gasteiger partial charge in [-0.25, -0.2) is 0 Å². The van der Waals surface area contributed by atoms with Crippen LogP contribution in [0.2, 0.25) is 0 Å². The summed E-state index contributed by atoms with van der Waals surface area (Å²) >= 11 is 0. The van der Waals surface area contributed by atoms with Crippen molar-refractivity contribution in [2.45, 2.75) is 58.6 Å². The van der Waals surface area contributed by atoms with E-state index in [1.165, 1.54) is 0 Å². The van der Waals surface area contributed by atoms with E-state index in [9.17, 15) is 9.90 Å². The first-order valence-corrected chi connectivity index (χ1v) is 8.79. The summed E-state index contributed by atoms with van der Waals surface area (Å²) in [5.41, 5.74) is 2.28.